The summed E-state index contributed by atoms with van der Waals surface area (Å²) in [6.45, 7) is 3.81. The Balaban J connectivity index is 1.24. The van der Waals surface area contributed by atoms with Crippen LogP contribution in [0, 0.1) is 5.92 Å². The molecule has 1 aliphatic carbocycles. The molecule has 35 heavy (non-hydrogen) atoms. The van der Waals surface area contributed by atoms with Gasteiger partial charge in [0.05, 0.1) is 17.4 Å². The van der Waals surface area contributed by atoms with E-state index >= 15 is 4.39 Å². The number of anilines is 1. The molecule has 1 amide bonds. The molecule has 1 saturated carbocycles. The molecule has 5 rings (SSSR count). The maximum atomic E-state index is 16.0. The quantitative estimate of drug-likeness (QED) is 0.667. The summed E-state index contributed by atoms with van der Waals surface area (Å²) >= 11 is 0. The molecule has 0 aromatic carbocycles. The molecule has 2 aliphatic heterocycles. The first kappa shape index (κ1) is 24.4. The van der Waals surface area contributed by atoms with Crippen molar-refractivity contribution in [3.8, 4) is 0 Å². The normalized spacial score (nSPS) is 30.5. The first-order chi connectivity index (χ1) is 16.6. The number of carbonyl (C=O) groups excluding carboxylic acids is 1. The Morgan fingerprint density at radius 1 is 1.20 bits per heavy atom. The van der Waals surface area contributed by atoms with Gasteiger partial charge in [-0.2, -0.15) is 5.10 Å². The van der Waals surface area contributed by atoms with Crippen molar-refractivity contribution in [1.82, 2.24) is 19.8 Å². The number of hydrogen-bond acceptors (Lipinski definition) is 5. The number of hydrogen-bond donors (Lipinski definition) is 2. The lowest BCUT2D eigenvalue weighted by atomic mass is 9.82. The number of piperidine rings is 1. The minimum absolute atomic E-state index is 0.0349. The average Bonchev–Trinajstić information content (AvgIpc) is 3.20. The molecule has 7 nitrogen and oxygen atoms in total. The van der Waals surface area contributed by atoms with Crippen LogP contribution in [-0.4, -0.2) is 69.1 Å². The van der Waals surface area contributed by atoms with E-state index in [-0.39, 0.29) is 43.6 Å². The number of nitrogens with one attached hydrogen (secondary N) is 1. The highest BCUT2D eigenvalue weighted by atomic mass is 19.3. The lowest BCUT2D eigenvalue weighted by Gasteiger charge is -2.43. The van der Waals surface area contributed by atoms with E-state index in [1.165, 1.54) is 0 Å². The minimum atomic E-state index is -2.52. The van der Waals surface area contributed by atoms with Crippen LogP contribution in [0.1, 0.15) is 57.4 Å². The van der Waals surface area contributed by atoms with Crippen molar-refractivity contribution >= 4 is 17.1 Å². The Morgan fingerprint density at radius 2 is 1.97 bits per heavy atom. The van der Waals surface area contributed by atoms with E-state index in [1.54, 1.807) is 21.8 Å². The number of alkyl halides is 3. The number of likely N-dealkylation sites (tertiary alicyclic amines) is 1. The molecule has 10 heteroatoms. The molecule has 0 radical (unpaired) electrons. The van der Waals surface area contributed by atoms with Crippen molar-refractivity contribution in [1.29, 1.82) is 0 Å². The van der Waals surface area contributed by atoms with Crippen molar-refractivity contribution in [2.75, 3.05) is 24.5 Å². The van der Waals surface area contributed by atoms with Crippen LogP contribution >= 0.6 is 0 Å². The van der Waals surface area contributed by atoms with E-state index in [1.807, 2.05) is 19.1 Å². The Hall–Kier alpha value is -2.33. The van der Waals surface area contributed by atoms with E-state index in [9.17, 15) is 18.7 Å². The summed E-state index contributed by atoms with van der Waals surface area (Å²) in [6, 6.07) is 3.84. The van der Waals surface area contributed by atoms with Crippen LogP contribution in [0.15, 0.2) is 24.5 Å². The fourth-order valence-corrected chi connectivity index (χ4v) is 5.97. The molecule has 0 spiro atoms. The Bertz CT molecular complexity index is 1070. The van der Waals surface area contributed by atoms with Gasteiger partial charge >= 0.3 is 0 Å². The molecular formula is C25H34F3N5O2. The number of halogens is 3. The van der Waals surface area contributed by atoms with Crippen LogP contribution in [0.4, 0.5) is 18.9 Å². The Labute approximate surface area is 203 Å². The van der Waals surface area contributed by atoms with Crippen LogP contribution in [0.3, 0.4) is 0 Å². The van der Waals surface area contributed by atoms with Gasteiger partial charge in [-0.15, -0.1) is 0 Å². The average molecular weight is 494 g/mol. The van der Waals surface area contributed by atoms with Gasteiger partial charge in [-0.05, 0) is 56.2 Å². The molecule has 3 atom stereocenters. The summed E-state index contributed by atoms with van der Waals surface area (Å²) in [4.78, 5) is 15.5. The predicted molar refractivity (Wildman–Crippen MR) is 126 cm³/mol. The van der Waals surface area contributed by atoms with Crippen molar-refractivity contribution in [2.45, 2.75) is 82.3 Å². The highest BCUT2D eigenvalue weighted by molar-refractivity contribution is 5.81. The lowest BCUT2D eigenvalue weighted by molar-refractivity contribution is -0.125. The van der Waals surface area contributed by atoms with Crippen LogP contribution in [-0.2, 0) is 11.2 Å². The number of aliphatic hydroxyl groups excluding tert-OH is 1. The first-order valence-corrected chi connectivity index (χ1v) is 12.6. The zero-order valence-corrected chi connectivity index (χ0v) is 20.1. The van der Waals surface area contributed by atoms with Gasteiger partial charge in [0.15, 0.2) is 0 Å². The number of aromatic nitrogens is 2. The van der Waals surface area contributed by atoms with E-state index in [2.05, 4.69) is 15.3 Å². The van der Waals surface area contributed by atoms with Crippen molar-refractivity contribution in [3.05, 3.63) is 30.1 Å². The largest absolute Gasteiger partial charge is 0.356 e. The van der Waals surface area contributed by atoms with Crippen LogP contribution in [0.25, 0.3) is 5.52 Å². The monoisotopic (exact) mass is 493 g/mol. The number of carbonyl (C=O) groups is 1. The number of nitrogens with zero attached hydrogens (tertiary/aromatic N) is 4. The molecule has 3 aliphatic rings. The van der Waals surface area contributed by atoms with Crippen LogP contribution in [0.2, 0.25) is 0 Å². The second kappa shape index (κ2) is 9.28. The number of rotatable bonds is 5. The highest BCUT2D eigenvalue weighted by Crippen LogP contribution is 2.39. The molecule has 1 unspecified atom stereocenters. The summed E-state index contributed by atoms with van der Waals surface area (Å²) in [5.74, 6) is -2.46. The SMILES string of the molecule is C[C@H]1C[C@@](F)(Cc2ccn3ncc(N4CCC(=O)NC4O)c3c2)CCN1CC1CCC(F)(F)CC1. The van der Waals surface area contributed by atoms with Gasteiger partial charge in [-0.1, -0.05) is 0 Å². The predicted octanol–water partition coefficient (Wildman–Crippen LogP) is 3.50. The van der Waals surface area contributed by atoms with Crippen LogP contribution in [0.5, 0.6) is 0 Å². The third kappa shape index (κ3) is 5.28. The number of amides is 1. The summed E-state index contributed by atoms with van der Waals surface area (Å²) in [5, 5.41) is 17.2. The van der Waals surface area contributed by atoms with E-state index < -0.39 is 17.9 Å². The van der Waals surface area contributed by atoms with Gasteiger partial charge in [0.25, 0.3) is 0 Å². The molecule has 0 bridgehead atoms. The number of aliphatic hydroxyl groups is 1. The van der Waals surface area contributed by atoms with Crippen molar-refractivity contribution in [2.24, 2.45) is 5.92 Å². The van der Waals surface area contributed by atoms with Crippen molar-refractivity contribution in [3.63, 3.8) is 0 Å². The summed E-state index contributed by atoms with van der Waals surface area (Å²) < 4.78 is 44.7. The second-order valence-electron chi connectivity index (χ2n) is 10.7. The molecule has 4 heterocycles. The van der Waals surface area contributed by atoms with E-state index in [0.717, 1.165) is 17.6 Å². The number of fused-ring (bicyclic) bond motifs is 1. The summed E-state index contributed by atoms with van der Waals surface area (Å²) in [6.07, 6.45) is 4.70. The maximum absolute atomic E-state index is 16.0. The van der Waals surface area contributed by atoms with Gasteiger partial charge < -0.3 is 20.2 Å². The maximum Gasteiger partial charge on any atom is 0.248 e. The third-order valence-electron chi connectivity index (χ3n) is 8.02. The summed E-state index contributed by atoms with van der Waals surface area (Å²) in [7, 11) is 0. The standard InChI is InChI=1S/C25H34F3N5O2/c1-17-13-24(26,8-11-31(17)16-18-2-6-25(27,28)7-3-18)14-19-4-10-33-20(12-19)21(15-29-33)32-9-5-22(34)30-23(32)35/h4,10,12,15,17-18,23,35H,2-3,5-9,11,13-14,16H2,1H3,(H,30,34)/t17-,23?,24+/m0/s1. The van der Waals surface area contributed by atoms with Gasteiger partial charge in [-0.3, -0.25) is 4.79 Å². The highest BCUT2D eigenvalue weighted by Gasteiger charge is 2.41. The molecule has 2 N–H and O–H groups in total. The molecule has 3 fully saturated rings. The molecule has 192 valence electrons. The fourth-order valence-electron chi connectivity index (χ4n) is 5.97. The lowest BCUT2D eigenvalue weighted by Crippen LogP contribution is -2.54. The molecule has 2 aromatic heterocycles. The molecule has 2 aromatic rings. The van der Waals surface area contributed by atoms with Crippen LogP contribution < -0.4 is 10.2 Å². The molecule has 2 saturated heterocycles. The molecular weight excluding hydrogens is 459 g/mol. The number of pyridine rings is 1. The second-order valence-corrected chi connectivity index (χ2v) is 10.7. The minimum Gasteiger partial charge on any atom is -0.356 e. The van der Waals surface area contributed by atoms with Gasteiger partial charge in [0.1, 0.15) is 5.67 Å². The zero-order valence-electron chi connectivity index (χ0n) is 20.1. The van der Waals surface area contributed by atoms with Gasteiger partial charge in [-0.25, -0.2) is 17.7 Å². The Morgan fingerprint density at radius 3 is 2.69 bits per heavy atom. The summed E-state index contributed by atoms with van der Waals surface area (Å²) in [5.41, 5.74) is 0.953. The topological polar surface area (TPSA) is 73.1 Å². The first-order valence-electron chi connectivity index (χ1n) is 12.6. The zero-order chi connectivity index (χ0) is 24.8. The Kier molecular flexibility index (Phi) is 6.46. The third-order valence-corrected chi connectivity index (χ3v) is 8.02. The van der Waals surface area contributed by atoms with Gasteiger partial charge in [0, 0.05) is 57.6 Å². The fraction of sp³-hybridized carbons (Fsp3) is 0.680. The van der Waals surface area contributed by atoms with E-state index in [4.69, 9.17) is 0 Å². The van der Waals surface area contributed by atoms with E-state index in [0.29, 0.717) is 44.5 Å². The van der Waals surface area contributed by atoms with Crippen molar-refractivity contribution < 1.29 is 23.1 Å². The smallest absolute Gasteiger partial charge is 0.248 e. The van der Waals surface area contributed by atoms with Gasteiger partial charge in [0.2, 0.25) is 18.2 Å².